The van der Waals surface area contributed by atoms with Crippen LogP contribution in [0.3, 0.4) is 0 Å². The van der Waals surface area contributed by atoms with E-state index in [2.05, 4.69) is 4.98 Å². The highest BCUT2D eigenvalue weighted by atomic mass is 19.1. The second-order valence-electron chi connectivity index (χ2n) is 6.66. The van der Waals surface area contributed by atoms with Crippen molar-refractivity contribution in [1.82, 2.24) is 9.88 Å². The number of amides is 1. The number of carbonyl (C=O) groups excluding carboxylic acids is 1. The molecule has 0 atom stereocenters. The van der Waals surface area contributed by atoms with Crippen LogP contribution in [-0.4, -0.2) is 34.9 Å². The summed E-state index contributed by atoms with van der Waals surface area (Å²) in [6.45, 7) is 1.33. The fourth-order valence-electron chi connectivity index (χ4n) is 3.26. The van der Waals surface area contributed by atoms with Gasteiger partial charge in [0.15, 0.2) is 0 Å². The first-order valence-electron chi connectivity index (χ1n) is 8.27. The zero-order valence-corrected chi connectivity index (χ0v) is 13.0. The van der Waals surface area contributed by atoms with Crippen molar-refractivity contribution in [1.29, 1.82) is 0 Å². The highest BCUT2D eigenvalue weighted by Gasteiger charge is 2.29. The van der Waals surface area contributed by atoms with Gasteiger partial charge in [0.1, 0.15) is 5.82 Å². The van der Waals surface area contributed by atoms with Crippen LogP contribution in [0.25, 0.3) is 10.9 Å². The number of pyridine rings is 1. The Balaban J connectivity index is 1.77. The van der Waals surface area contributed by atoms with Crippen LogP contribution in [-0.2, 0) is 0 Å². The number of carbonyl (C=O) groups is 1. The Labute approximate surface area is 134 Å². The minimum absolute atomic E-state index is 0.0307. The van der Waals surface area contributed by atoms with Crippen LogP contribution >= 0.6 is 0 Å². The summed E-state index contributed by atoms with van der Waals surface area (Å²) in [4.78, 5) is 19.4. The number of nitrogens with two attached hydrogens (primary N) is 1. The van der Waals surface area contributed by atoms with Gasteiger partial charge in [0.25, 0.3) is 5.91 Å². The van der Waals surface area contributed by atoms with Gasteiger partial charge < -0.3 is 10.6 Å². The van der Waals surface area contributed by atoms with Crippen LogP contribution in [0.2, 0.25) is 0 Å². The lowest BCUT2D eigenvalue weighted by molar-refractivity contribution is 0.0716. The molecule has 1 amide bonds. The van der Waals surface area contributed by atoms with Gasteiger partial charge in [0.05, 0.1) is 11.1 Å². The van der Waals surface area contributed by atoms with Gasteiger partial charge in [-0.05, 0) is 49.9 Å². The topological polar surface area (TPSA) is 59.2 Å². The summed E-state index contributed by atoms with van der Waals surface area (Å²) in [5, 5.41) is 0.606. The molecule has 0 radical (unpaired) electrons. The zero-order chi connectivity index (χ0) is 16.0. The Kier molecular flexibility index (Phi) is 3.53. The molecular weight excluding hydrogens is 293 g/mol. The lowest BCUT2D eigenvalue weighted by Crippen LogP contribution is -2.42. The smallest absolute Gasteiger partial charge is 0.254 e. The number of rotatable bonds is 2. The zero-order valence-electron chi connectivity index (χ0n) is 13.0. The summed E-state index contributed by atoms with van der Waals surface area (Å²) >= 11 is 0. The molecule has 2 aromatic rings. The maximum atomic E-state index is 13.7. The van der Waals surface area contributed by atoms with Crippen molar-refractivity contribution in [3.05, 3.63) is 41.3 Å². The molecule has 2 aliphatic rings. The van der Waals surface area contributed by atoms with Crippen molar-refractivity contribution in [2.75, 3.05) is 13.1 Å². The van der Waals surface area contributed by atoms with E-state index in [-0.39, 0.29) is 17.8 Å². The summed E-state index contributed by atoms with van der Waals surface area (Å²) in [6.07, 6.45) is 3.87. The number of likely N-dealkylation sites (tertiary alicyclic amines) is 1. The van der Waals surface area contributed by atoms with E-state index in [1.807, 2.05) is 11.0 Å². The van der Waals surface area contributed by atoms with E-state index in [0.29, 0.717) is 35.5 Å². The molecule has 1 aliphatic carbocycles. The Bertz CT molecular complexity index is 764. The van der Waals surface area contributed by atoms with Gasteiger partial charge in [0.2, 0.25) is 0 Å². The average Bonchev–Trinajstić information content (AvgIpc) is 3.39. The van der Waals surface area contributed by atoms with Crippen molar-refractivity contribution in [3.8, 4) is 0 Å². The molecule has 4 rings (SSSR count). The Morgan fingerprint density at radius 2 is 1.91 bits per heavy atom. The number of fused-ring (bicyclic) bond motifs is 1. The van der Waals surface area contributed by atoms with Gasteiger partial charge in [0, 0.05) is 36.1 Å². The molecular formula is C18H20FN3O. The van der Waals surface area contributed by atoms with Crippen molar-refractivity contribution < 1.29 is 9.18 Å². The van der Waals surface area contributed by atoms with Gasteiger partial charge in [-0.3, -0.25) is 9.78 Å². The Morgan fingerprint density at radius 3 is 2.61 bits per heavy atom. The summed E-state index contributed by atoms with van der Waals surface area (Å²) in [5.41, 5.74) is 8.16. The first-order valence-corrected chi connectivity index (χ1v) is 8.27. The maximum absolute atomic E-state index is 13.7. The molecule has 1 saturated carbocycles. The lowest BCUT2D eigenvalue weighted by atomic mass is 10.0. The third-order valence-electron chi connectivity index (χ3n) is 4.84. The number of benzene rings is 1. The fraction of sp³-hybridized carbons (Fsp3) is 0.444. The maximum Gasteiger partial charge on any atom is 0.254 e. The number of hydrogen-bond acceptors (Lipinski definition) is 3. The van der Waals surface area contributed by atoms with Crippen LogP contribution in [0.1, 0.15) is 47.7 Å². The van der Waals surface area contributed by atoms with E-state index in [1.165, 1.54) is 12.1 Å². The highest BCUT2D eigenvalue weighted by molar-refractivity contribution is 6.06. The predicted octanol–water partition coefficient (Wildman–Crippen LogP) is 2.81. The third-order valence-corrected chi connectivity index (χ3v) is 4.84. The molecule has 0 spiro atoms. The fourth-order valence-corrected chi connectivity index (χ4v) is 3.26. The van der Waals surface area contributed by atoms with Crippen LogP contribution in [0.15, 0.2) is 24.3 Å². The standard InChI is InChI=1S/C18H20FN3O/c19-12-3-4-16-14(9-12)15(10-17(21-16)11-1-2-11)18(23)22-7-5-13(20)6-8-22/h3-4,9-11,13H,1-2,5-8,20H2. The van der Waals surface area contributed by atoms with Crippen molar-refractivity contribution >= 4 is 16.8 Å². The SMILES string of the molecule is NC1CCN(C(=O)c2cc(C3CC3)nc3ccc(F)cc23)CC1. The number of nitrogens with zero attached hydrogens (tertiary/aromatic N) is 2. The summed E-state index contributed by atoms with van der Waals surface area (Å²) in [7, 11) is 0. The Morgan fingerprint density at radius 1 is 1.17 bits per heavy atom. The van der Waals surface area contributed by atoms with E-state index < -0.39 is 0 Å². The van der Waals surface area contributed by atoms with Crippen LogP contribution in [0, 0.1) is 5.82 Å². The summed E-state index contributed by atoms with van der Waals surface area (Å²) < 4.78 is 13.7. The van der Waals surface area contributed by atoms with Gasteiger partial charge in [-0.1, -0.05) is 0 Å². The largest absolute Gasteiger partial charge is 0.339 e. The van der Waals surface area contributed by atoms with Crippen molar-refractivity contribution in [3.63, 3.8) is 0 Å². The van der Waals surface area contributed by atoms with E-state index >= 15 is 0 Å². The molecule has 5 heteroatoms. The molecule has 23 heavy (non-hydrogen) atoms. The van der Waals surface area contributed by atoms with E-state index in [1.54, 1.807) is 6.07 Å². The van der Waals surface area contributed by atoms with E-state index in [4.69, 9.17) is 5.73 Å². The Hall–Kier alpha value is -2.01. The van der Waals surface area contributed by atoms with Crippen LogP contribution in [0.4, 0.5) is 4.39 Å². The predicted molar refractivity (Wildman–Crippen MR) is 86.8 cm³/mol. The van der Waals surface area contributed by atoms with Crippen LogP contribution in [0.5, 0.6) is 0 Å². The molecule has 2 fully saturated rings. The second kappa shape index (κ2) is 5.57. The highest BCUT2D eigenvalue weighted by Crippen LogP contribution is 2.40. The third kappa shape index (κ3) is 2.81. The van der Waals surface area contributed by atoms with Crippen LogP contribution < -0.4 is 5.73 Å². The van der Waals surface area contributed by atoms with Crippen molar-refractivity contribution in [2.45, 2.75) is 37.6 Å². The number of hydrogen-bond donors (Lipinski definition) is 1. The second-order valence-corrected chi connectivity index (χ2v) is 6.66. The minimum Gasteiger partial charge on any atom is -0.339 e. The van der Waals surface area contributed by atoms with Gasteiger partial charge in [-0.15, -0.1) is 0 Å². The summed E-state index contributed by atoms with van der Waals surface area (Å²) in [5.74, 6) is 0.0794. The molecule has 0 bridgehead atoms. The molecule has 1 aromatic heterocycles. The lowest BCUT2D eigenvalue weighted by Gasteiger charge is -2.30. The van der Waals surface area contributed by atoms with E-state index in [0.717, 1.165) is 31.4 Å². The van der Waals surface area contributed by atoms with Gasteiger partial charge >= 0.3 is 0 Å². The van der Waals surface area contributed by atoms with Gasteiger partial charge in [-0.2, -0.15) is 0 Å². The quantitative estimate of drug-likeness (QED) is 0.927. The monoisotopic (exact) mass is 313 g/mol. The van der Waals surface area contributed by atoms with Crippen molar-refractivity contribution in [2.24, 2.45) is 5.73 Å². The molecule has 2 heterocycles. The average molecular weight is 313 g/mol. The van der Waals surface area contributed by atoms with E-state index in [9.17, 15) is 9.18 Å². The normalized spacial score (nSPS) is 19.3. The van der Waals surface area contributed by atoms with Gasteiger partial charge in [-0.25, -0.2) is 4.39 Å². The number of halogens is 1. The molecule has 1 saturated heterocycles. The molecule has 1 aromatic carbocycles. The summed E-state index contributed by atoms with van der Waals surface area (Å²) in [6, 6.07) is 6.53. The number of piperidine rings is 1. The molecule has 0 unspecified atom stereocenters. The first kappa shape index (κ1) is 14.6. The molecule has 4 nitrogen and oxygen atoms in total. The number of aromatic nitrogens is 1. The minimum atomic E-state index is -0.340. The molecule has 2 N–H and O–H groups in total. The molecule has 120 valence electrons. The first-order chi connectivity index (χ1) is 11.1. The molecule has 1 aliphatic heterocycles.